The van der Waals surface area contributed by atoms with E-state index >= 15 is 0 Å². The molecule has 2 aromatic rings. The molecule has 1 saturated carbocycles. The first kappa shape index (κ1) is 18.1. The van der Waals surface area contributed by atoms with Gasteiger partial charge in [-0.3, -0.25) is 9.78 Å². The minimum absolute atomic E-state index is 0.0609. The Morgan fingerprint density at radius 1 is 1.30 bits per heavy atom. The van der Waals surface area contributed by atoms with Crippen LogP contribution in [0.1, 0.15) is 18.5 Å². The van der Waals surface area contributed by atoms with Gasteiger partial charge in [0.2, 0.25) is 11.2 Å². The molecule has 142 valence electrons. The number of hydrogen-bond donors (Lipinski definition) is 1. The molecule has 2 atom stereocenters. The van der Waals surface area contributed by atoms with Crippen molar-refractivity contribution in [2.75, 3.05) is 24.5 Å². The van der Waals surface area contributed by atoms with E-state index in [1.807, 2.05) is 23.1 Å². The summed E-state index contributed by atoms with van der Waals surface area (Å²) in [7, 11) is 0. The van der Waals surface area contributed by atoms with Crippen molar-refractivity contribution in [2.45, 2.75) is 19.3 Å². The van der Waals surface area contributed by atoms with Crippen molar-refractivity contribution in [3.63, 3.8) is 0 Å². The Bertz CT molecular complexity index is 809. The van der Waals surface area contributed by atoms with Crippen LogP contribution in [0.25, 0.3) is 0 Å². The van der Waals surface area contributed by atoms with Crippen LogP contribution in [0.3, 0.4) is 0 Å². The number of rotatable bonds is 7. The molecular weight excluding hydrogens is 369 g/mol. The second-order valence-electron chi connectivity index (χ2n) is 7.17. The van der Waals surface area contributed by atoms with E-state index in [0.29, 0.717) is 43.0 Å². The highest BCUT2D eigenvalue weighted by Gasteiger charge is 2.55. The highest BCUT2D eigenvalue weighted by atomic mass is 35.5. The Kier molecular flexibility index (Phi) is 5.20. The minimum Gasteiger partial charge on any atom is -0.356 e. The normalized spacial score (nSPS) is 23.2. The number of nitrogens with one attached hydrogen (secondary N) is 1. The molecule has 2 aromatic heterocycles. The molecule has 0 spiro atoms. The van der Waals surface area contributed by atoms with Crippen LogP contribution in [0.4, 0.5) is 10.2 Å². The lowest BCUT2D eigenvalue weighted by molar-refractivity contribution is -0.121. The molecular formula is C19H21ClFN5O. The van der Waals surface area contributed by atoms with E-state index in [9.17, 15) is 9.18 Å². The number of fused-ring (bicyclic) bond motifs is 1. The summed E-state index contributed by atoms with van der Waals surface area (Å²) in [6.45, 7) is 2.26. The Labute approximate surface area is 162 Å². The van der Waals surface area contributed by atoms with E-state index in [2.05, 4.69) is 20.3 Å². The van der Waals surface area contributed by atoms with E-state index in [1.54, 1.807) is 6.20 Å². The number of aryl methyl sites for hydroxylation is 1. The second kappa shape index (κ2) is 7.76. The quantitative estimate of drug-likeness (QED) is 0.737. The smallest absolute Gasteiger partial charge is 0.224 e. The van der Waals surface area contributed by atoms with Gasteiger partial charge in [0, 0.05) is 37.9 Å². The monoisotopic (exact) mass is 389 g/mol. The molecule has 1 aliphatic carbocycles. The van der Waals surface area contributed by atoms with Gasteiger partial charge in [0.05, 0.1) is 6.20 Å². The van der Waals surface area contributed by atoms with Gasteiger partial charge in [-0.2, -0.15) is 4.98 Å². The average Bonchev–Trinajstić information content (AvgIpc) is 3.12. The van der Waals surface area contributed by atoms with Gasteiger partial charge < -0.3 is 10.2 Å². The summed E-state index contributed by atoms with van der Waals surface area (Å²) in [6, 6.07) is 5.72. The molecule has 1 N–H and O–H groups in total. The SMILES string of the molecule is O=C(CCc1ccccn1)NCCC1C2CN(c3nc(Cl)ncc3F)CC12. The number of halogens is 2. The van der Waals surface area contributed by atoms with E-state index in [0.717, 1.165) is 31.4 Å². The maximum Gasteiger partial charge on any atom is 0.224 e. The number of hydrogen-bond acceptors (Lipinski definition) is 5. The molecule has 2 fully saturated rings. The number of anilines is 1. The van der Waals surface area contributed by atoms with Crippen molar-refractivity contribution < 1.29 is 9.18 Å². The van der Waals surface area contributed by atoms with Crippen molar-refractivity contribution in [3.05, 3.63) is 47.4 Å². The predicted molar refractivity (Wildman–Crippen MR) is 99.9 cm³/mol. The standard InChI is InChI=1S/C19H21ClFN5O/c20-19-24-9-16(21)18(25-19)26-10-14-13(15(14)11-26)6-8-23-17(27)5-4-12-3-1-2-7-22-12/h1-3,7,9,13-15H,4-6,8,10-11H2,(H,23,27). The number of carbonyl (C=O) groups is 1. The predicted octanol–water partition coefficient (Wildman–Crippen LogP) is 2.49. The number of amides is 1. The van der Waals surface area contributed by atoms with Gasteiger partial charge >= 0.3 is 0 Å². The number of pyridine rings is 1. The maximum atomic E-state index is 13.9. The van der Waals surface area contributed by atoms with Crippen LogP contribution in [-0.2, 0) is 11.2 Å². The first-order chi connectivity index (χ1) is 13.1. The third-order valence-corrected chi connectivity index (χ3v) is 5.68. The lowest BCUT2D eigenvalue weighted by Gasteiger charge is -2.21. The molecule has 6 nitrogen and oxygen atoms in total. The Morgan fingerprint density at radius 3 is 2.85 bits per heavy atom. The van der Waals surface area contributed by atoms with Gasteiger partial charge in [0.15, 0.2) is 11.6 Å². The van der Waals surface area contributed by atoms with Crippen LogP contribution in [0, 0.1) is 23.6 Å². The molecule has 2 unspecified atom stereocenters. The van der Waals surface area contributed by atoms with Crippen LogP contribution < -0.4 is 10.2 Å². The molecule has 4 rings (SSSR count). The summed E-state index contributed by atoms with van der Waals surface area (Å²) < 4.78 is 13.9. The van der Waals surface area contributed by atoms with Crippen LogP contribution in [0.5, 0.6) is 0 Å². The van der Waals surface area contributed by atoms with Gasteiger partial charge in [0.25, 0.3) is 0 Å². The molecule has 0 aromatic carbocycles. The Morgan fingerprint density at radius 2 is 2.11 bits per heavy atom. The van der Waals surface area contributed by atoms with Crippen LogP contribution in [0.15, 0.2) is 30.6 Å². The summed E-state index contributed by atoms with van der Waals surface area (Å²) >= 11 is 5.77. The van der Waals surface area contributed by atoms with E-state index < -0.39 is 5.82 Å². The summed E-state index contributed by atoms with van der Waals surface area (Å²) in [5.41, 5.74) is 0.932. The summed E-state index contributed by atoms with van der Waals surface area (Å²) in [5, 5.41) is 3.06. The molecule has 2 aliphatic rings. The van der Waals surface area contributed by atoms with Crippen LogP contribution in [0.2, 0.25) is 5.28 Å². The van der Waals surface area contributed by atoms with Gasteiger partial charge in [-0.25, -0.2) is 9.37 Å². The third kappa shape index (κ3) is 4.18. The third-order valence-electron chi connectivity index (χ3n) is 5.50. The highest BCUT2D eigenvalue weighted by molar-refractivity contribution is 6.28. The van der Waals surface area contributed by atoms with Gasteiger partial charge in [-0.1, -0.05) is 6.07 Å². The van der Waals surface area contributed by atoms with Crippen molar-refractivity contribution in [1.82, 2.24) is 20.3 Å². The zero-order chi connectivity index (χ0) is 18.8. The fourth-order valence-corrected chi connectivity index (χ4v) is 4.19. The molecule has 0 bridgehead atoms. The number of carbonyl (C=O) groups excluding carboxylic acids is 1. The highest BCUT2D eigenvalue weighted by Crippen LogP contribution is 2.54. The van der Waals surface area contributed by atoms with E-state index in [1.165, 1.54) is 0 Å². The van der Waals surface area contributed by atoms with Crippen LogP contribution in [-0.4, -0.2) is 40.5 Å². The molecule has 27 heavy (non-hydrogen) atoms. The lowest BCUT2D eigenvalue weighted by atomic mass is 10.2. The lowest BCUT2D eigenvalue weighted by Crippen LogP contribution is -2.28. The Balaban J connectivity index is 1.16. The van der Waals surface area contributed by atoms with Gasteiger partial charge in [-0.15, -0.1) is 0 Å². The second-order valence-corrected chi connectivity index (χ2v) is 7.50. The average molecular weight is 390 g/mol. The molecule has 0 radical (unpaired) electrons. The van der Waals surface area contributed by atoms with Crippen molar-refractivity contribution in [1.29, 1.82) is 0 Å². The van der Waals surface area contributed by atoms with Crippen molar-refractivity contribution in [2.24, 2.45) is 17.8 Å². The molecule has 8 heteroatoms. The van der Waals surface area contributed by atoms with E-state index in [4.69, 9.17) is 11.6 Å². The van der Waals surface area contributed by atoms with Crippen molar-refractivity contribution in [3.8, 4) is 0 Å². The first-order valence-electron chi connectivity index (χ1n) is 9.21. The summed E-state index contributed by atoms with van der Waals surface area (Å²) in [6.07, 6.45) is 4.93. The number of aromatic nitrogens is 3. The van der Waals surface area contributed by atoms with Crippen molar-refractivity contribution >= 4 is 23.3 Å². The van der Waals surface area contributed by atoms with Crippen LogP contribution >= 0.6 is 11.6 Å². The zero-order valence-corrected chi connectivity index (χ0v) is 15.6. The number of piperidine rings is 1. The Hall–Kier alpha value is -2.28. The summed E-state index contributed by atoms with van der Waals surface area (Å²) in [4.78, 5) is 25.8. The molecule has 3 heterocycles. The van der Waals surface area contributed by atoms with Gasteiger partial charge in [0.1, 0.15) is 0 Å². The minimum atomic E-state index is -0.433. The number of nitrogens with zero attached hydrogens (tertiary/aromatic N) is 4. The largest absolute Gasteiger partial charge is 0.356 e. The van der Waals surface area contributed by atoms with E-state index in [-0.39, 0.29) is 11.2 Å². The first-order valence-corrected chi connectivity index (χ1v) is 9.59. The topological polar surface area (TPSA) is 71.0 Å². The summed E-state index contributed by atoms with van der Waals surface area (Å²) in [5.74, 6) is 1.61. The fraction of sp³-hybridized carbons (Fsp3) is 0.474. The fourth-order valence-electron chi connectivity index (χ4n) is 4.06. The molecule has 1 saturated heterocycles. The molecule has 1 amide bonds. The maximum absolute atomic E-state index is 13.9. The van der Waals surface area contributed by atoms with Gasteiger partial charge in [-0.05, 0) is 54.3 Å². The molecule has 1 aliphatic heterocycles. The zero-order valence-electron chi connectivity index (χ0n) is 14.8.